The van der Waals surface area contributed by atoms with Crippen LogP contribution in [0.1, 0.15) is 50.2 Å². The van der Waals surface area contributed by atoms with E-state index < -0.39 is 0 Å². The van der Waals surface area contributed by atoms with E-state index in [2.05, 4.69) is 48.3 Å². The summed E-state index contributed by atoms with van der Waals surface area (Å²) in [5, 5.41) is 3.48. The highest BCUT2D eigenvalue weighted by atomic mass is 16.5. The monoisotopic (exact) mass is 400 g/mol. The zero-order valence-electron chi connectivity index (χ0n) is 18.0. The molecule has 2 fully saturated rings. The predicted molar refractivity (Wildman–Crippen MR) is 117 cm³/mol. The van der Waals surface area contributed by atoms with Gasteiger partial charge in [0.25, 0.3) is 0 Å². The van der Waals surface area contributed by atoms with Gasteiger partial charge in [-0.1, -0.05) is 24.3 Å². The van der Waals surface area contributed by atoms with E-state index in [0.717, 1.165) is 71.0 Å². The van der Waals surface area contributed by atoms with Crippen molar-refractivity contribution < 1.29 is 9.53 Å². The molecule has 1 aromatic rings. The van der Waals surface area contributed by atoms with Gasteiger partial charge in [0, 0.05) is 44.7 Å². The van der Waals surface area contributed by atoms with Crippen LogP contribution in [-0.2, 0) is 14.9 Å². The number of aliphatic imine (C=N–C) groups is 1. The van der Waals surface area contributed by atoms with E-state index in [-0.39, 0.29) is 11.3 Å². The van der Waals surface area contributed by atoms with E-state index >= 15 is 0 Å². The molecule has 6 heteroatoms. The van der Waals surface area contributed by atoms with Gasteiger partial charge in [-0.25, -0.2) is 0 Å². The van der Waals surface area contributed by atoms with Crippen molar-refractivity contribution in [2.75, 3.05) is 39.4 Å². The Hall–Kier alpha value is -2.08. The first-order chi connectivity index (χ1) is 14.0. The number of nitrogens with two attached hydrogens (primary N) is 1. The average Bonchev–Trinajstić information content (AvgIpc) is 2.72. The minimum absolute atomic E-state index is 0.0205. The number of aryl methyl sites for hydroxylation is 1. The molecule has 2 saturated heterocycles. The van der Waals surface area contributed by atoms with Crippen molar-refractivity contribution in [3.63, 3.8) is 0 Å². The molecular formula is C23H36N4O2. The largest absolute Gasteiger partial charge is 0.381 e. The molecule has 1 aromatic carbocycles. The van der Waals surface area contributed by atoms with Gasteiger partial charge < -0.3 is 20.7 Å². The minimum Gasteiger partial charge on any atom is -0.381 e. The maximum absolute atomic E-state index is 11.4. The fraction of sp³-hybridized carbons (Fsp3) is 0.652. The summed E-state index contributed by atoms with van der Waals surface area (Å²) in [5.41, 5.74) is 8.19. The normalized spacial score (nSPS) is 22.3. The molecule has 0 radical (unpaired) electrons. The van der Waals surface area contributed by atoms with Gasteiger partial charge in [-0.05, 0) is 56.6 Å². The van der Waals surface area contributed by atoms with E-state index in [1.807, 2.05) is 0 Å². The second-order valence-electron chi connectivity index (χ2n) is 8.50. The van der Waals surface area contributed by atoms with Crippen molar-refractivity contribution in [1.29, 1.82) is 0 Å². The molecule has 0 bridgehead atoms. The van der Waals surface area contributed by atoms with Crippen LogP contribution in [0.3, 0.4) is 0 Å². The summed E-state index contributed by atoms with van der Waals surface area (Å²) in [6.45, 7) is 9.26. The average molecular weight is 401 g/mol. The second-order valence-corrected chi connectivity index (χ2v) is 8.50. The number of piperidine rings is 1. The highest BCUT2D eigenvalue weighted by molar-refractivity contribution is 5.80. The van der Waals surface area contributed by atoms with Crippen molar-refractivity contribution in [2.24, 2.45) is 16.6 Å². The van der Waals surface area contributed by atoms with Crippen molar-refractivity contribution in [3.05, 3.63) is 35.4 Å². The quantitative estimate of drug-likeness (QED) is 0.568. The predicted octanol–water partition coefficient (Wildman–Crippen LogP) is 2.60. The Bertz CT molecular complexity index is 713. The third kappa shape index (κ3) is 5.50. The Labute approximate surface area is 174 Å². The van der Waals surface area contributed by atoms with Crippen molar-refractivity contribution >= 4 is 11.9 Å². The Morgan fingerprint density at radius 1 is 1.34 bits per heavy atom. The van der Waals surface area contributed by atoms with Gasteiger partial charge in [0.1, 0.15) is 0 Å². The van der Waals surface area contributed by atoms with Gasteiger partial charge in [0.05, 0.1) is 6.54 Å². The molecule has 0 aromatic heterocycles. The van der Waals surface area contributed by atoms with Crippen LogP contribution in [0.2, 0.25) is 0 Å². The molecule has 29 heavy (non-hydrogen) atoms. The number of rotatable bonds is 6. The Balaban J connectivity index is 1.81. The molecule has 6 nitrogen and oxygen atoms in total. The number of carbonyl (C=O) groups is 1. The molecule has 3 rings (SSSR count). The Morgan fingerprint density at radius 2 is 2.10 bits per heavy atom. The minimum atomic E-state index is -0.209. The summed E-state index contributed by atoms with van der Waals surface area (Å²) >= 11 is 0. The van der Waals surface area contributed by atoms with E-state index in [4.69, 9.17) is 15.5 Å². The van der Waals surface area contributed by atoms with Crippen LogP contribution in [0.5, 0.6) is 0 Å². The van der Waals surface area contributed by atoms with Crippen LogP contribution in [0.15, 0.2) is 29.3 Å². The number of primary amides is 1. The van der Waals surface area contributed by atoms with E-state index in [0.29, 0.717) is 12.3 Å². The van der Waals surface area contributed by atoms with Crippen molar-refractivity contribution in [1.82, 2.24) is 10.2 Å². The van der Waals surface area contributed by atoms with E-state index in [9.17, 15) is 4.79 Å². The number of hydrogen-bond acceptors (Lipinski definition) is 3. The molecule has 0 aliphatic carbocycles. The van der Waals surface area contributed by atoms with Crippen molar-refractivity contribution in [2.45, 2.75) is 51.4 Å². The molecule has 160 valence electrons. The van der Waals surface area contributed by atoms with Gasteiger partial charge >= 0.3 is 0 Å². The summed E-state index contributed by atoms with van der Waals surface area (Å²) in [5.74, 6) is 1.07. The molecule has 0 spiro atoms. The van der Waals surface area contributed by atoms with Crippen LogP contribution in [0.25, 0.3) is 0 Å². The first-order valence-corrected chi connectivity index (χ1v) is 11.0. The fourth-order valence-electron chi connectivity index (χ4n) is 4.80. The number of ether oxygens (including phenoxy) is 1. The summed E-state index contributed by atoms with van der Waals surface area (Å²) in [6, 6.07) is 8.69. The molecular weight excluding hydrogens is 364 g/mol. The first kappa shape index (κ1) is 21.6. The second kappa shape index (κ2) is 10.1. The molecule has 1 atom stereocenters. The number of carbonyl (C=O) groups excluding carboxylic acids is 1. The lowest BCUT2D eigenvalue weighted by Crippen LogP contribution is -2.48. The topological polar surface area (TPSA) is 80.0 Å². The molecule has 2 aliphatic rings. The first-order valence-electron chi connectivity index (χ1n) is 11.0. The maximum Gasteiger partial charge on any atom is 0.217 e. The van der Waals surface area contributed by atoms with E-state index in [1.165, 1.54) is 11.1 Å². The van der Waals surface area contributed by atoms with Crippen LogP contribution in [-0.4, -0.2) is 56.2 Å². The molecule has 3 N–H and O–H groups in total. The van der Waals surface area contributed by atoms with Crippen LogP contribution in [0, 0.1) is 12.8 Å². The van der Waals surface area contributed by atoms with E-state index in [1.54, 1.807) is 0 Å². The number of nitrogens with zero attached hydrogens (tertiary/aromatic N) is 2. The lowest BCUT2D eigenvalue weighted by Gasteiger charge is -2.39. The van der Waals surface area contributed by atoms with Gasteiger partial charge in [-0.15, -0.1) is 0 Å². The zero-order chi connectivity index (χ0) is 20.7. The number of amides is 1. The lowest BCUT2D eigenvalue weighted by molar-refractivity contribution is -0.119. The molecule has 2 heterocycles. The number of nitrogens with one attached hydrogen (secondary N) is 1. The molecule has 1 amide bonds. The van der Waals surface area contributed by atoms with Gasteiger partial charge in [-0.2, -0.15) is 0 Å². The van der Waals surface area contributed by atoms with Crippen LogP contribution in [0.4, 0.5) is 0 Å². The summed E-state index contributed by atoms with van der Waals surface area (Å²) in [6.07, 6.45) is 4.57. The Morgan fingerprint density at radius 3 is 2.79 bits per heavy atom. The van der Waals surface area contributed by atoms with Gasteiger partial charge in [0.2, 0.25) is 5.91 Å². The van der Waals surface area contributed by atoms with Crippen LogP contribution < -0.4 is 11.1 Å². The van der Waals surface area contributed by atoms with Crippen molar-refractivity contribution in [3.8, 4) is 0 Å². The smallest absolute Gasteiger partial charge is 0.217 e. The fourth-order valence-corrected chi connectivity index (χ4v) is 4.80. The van der Waals surface area contributed by atoms with Gasteiger partial charge in [0.15, 0.2) is 5.96 Å². The Kier molecular flexibility index (Phi) is 7.53. The summed E-state index contributed by atoms with van der Waals surface area (Å²) < 4.78 is 5.69. The number of benzene rings is 1. The maximum atomic E-state index is 11.4. The SMILES string of the molecule is CCNC(=NCC1(c2ccccc2C)CCOCC1)N1CCCC(CC(N)=O)C1. The highest BCUT2D eigenvalue weighted by Gasteiger charge is 2.36. The number of hydrogen-bond donors (Lipinski definition) is 2. The lowest BCUT2D eigenvalue weighted by atomic mass is 9.72. The van der Waals surface area contributed by atoms with Gasteiger partial charge in [-0.3, -0.25) is 9.79 Å². The summed E-state index contributed by atoms with van der Waals surface area (Å²) in [7, 11) is 0. The third-order valence-electron chi connectivity index (χ3n) is 6.34. The summed E-state index contributed by atoms with van der Waals surface area (Å²) in [4.78, 5) is 18.8. The zero-order valence-corrected chi connectivity index (χ0v) is 18.0. The molecule has 1 unspecified atom stereocenters. The third-order valence-corrected chi connectivity index (χ3v) is 6.34. The van der Waals surface area contributed by atoms with Crippen LogP contribution >= 0.6 is 0 Å². The number of guanidine groups is 1. The number of likely N-dealkylation sites (tertiary alicyclic amines) is 1. The molecule has 0 saturated carbocycles. The molecule has 2 aliphatic heterocycles. The highest BCUT2D eigenvalue weighted by Crippen LogP contribution is 2.37. The standard InChI is InChI=1S/C23H36N4O2/c1-3-25-22(27-12-6-8-19(16-27)15-21(24)28)26-17-23(10-13-29-14-11-23)20-9-5-4-7-18(20)2/h4-5,7,9,19H,3,6,8,10-17H2,1-2H3,(H2,24,28)(H,25,26).